The number of aryl methyl sites for hydroxylation is 3. The van der Waals surface area contributed by atoms with Crippen LogP contribution in [-0.4, -0.2) is 57.8 Å². The minimum absolute atomic E-state index is 0. The molecule has 0 spiro atoms. The molecule has 0 bridgehead atoms. The second-order valence-corrected chi connectivity index (χ2v) is 8.19. The van der Waals surface area contributed by atoms with Gasteiger partial charge in [-0.3, -0.25) is 9.67 Å². The fourth-order valence-corrected chi connectivity index (χ4v) is 4.30. The molecule has 1 aliphatic rings. The van der Waals surface area contributed by atoms with Gasteiger partial charge in [0, 0.05) is 49.4 Å². The van der Waals surface area contributed by atoms with Crippen LogP contribution in [0.1, 0.15) is 38.6 Å². The molecule has 0 aromatic carbocycles. The molecule has 2 heterocycles. The van der Waals surface area contributed by atoms with Crippen molar-refractivity contribution in [2.45, 2.75) is 52.8 Å². The molecular weight excluding hydrogens is 445 g/mol. The first kappa shape index (κ1) is 22.6. The topological polar surface area (TPSA) is 45.5 Å². The van der Waals surface area contributed by atoms with Crippen molar-refractivity contribution in [1.29, 1.82) is 0 Å². The van der Waals surface area contributed by atoms with Crippen LogP contribution >= 0.6 is 35.7 Å². The van der Waals surface area contributed by atoms with Gasteiger partial charge in [-0.25, -0.2) is 0 Å². The Kier molecular flexibility index (Phi) is 10.2. The zero-order chi connectivity index (χ0) is 17.5. The second-order valence-electron chi connectivity index (χ2n) is 6.84. The number of nitrogens with one attached hydrogen (secondary N) is 1. The summed E-state index contributed by atoms with van der Waals surface area (Å²) in [6, 6.07) is 2.13. The third-order valence-corrected chi connectivity index (χ3v) is 5.90. The molecule has 1 aromatic heterocycles. The van der Waals surface area contributed by atoms with Crippen molar-refractivity contribution in [1.82, 2.24) is 20.0 Å². The van der Waals surface area contributed by atoms with E-state index in [1.54, 1.807) is 0 Å². The van der Waals surface area contributed by atoms with Crippen molar-refractivity contribution in [3.8, 4) is 0 Å². The minimum Gasteiger partial charge on any atom is -0.357 e. The number of aliphatic imine (C=N–C) groups is 1. The average Bonchev–Trinajstić information content (AvgIpc) is 2.88. The van der Waals surface area contributed by atoms with E-state index in [1.165, 1.54) is 11.4 Å². The van der Waals surface area contributed by atoms with E-state index in [0.717, 1.165) is 50.8 Å². The van der Waals surface area contributed by atoms with Gasteiger partial charge in [-0.1, -0.05) is 13.8 Å². The van der Waals surface area contributed by atoms with Gasteiger partial charge in [-0.15, -0.1) is 24.0 Å². The van der Waals surface area contributed by atoms with E-state index < -0.39 is 0 Å². The Labute approximate surface area is 174 Å². The lowest BCUT2D eigenvalue weighted by atomic mass is 10.1. The Morgan fingerprint density at radius 1 is 1.44 bits per heavy atom. The molecular formula is C18H34IN5S. The minimum atomic E-state index is 0. The molecule has 0 radical (unpaired) electrons. The highest BCUT2D eigenvalue weighted by atomic mass is 127. The Hall–Kier alpha value is -0.440. The number of guanidine groups is 1. The highest BCUT2D eigenvalue weighted by Crippen LogP contribution is 2.24. The normalized spacial score (nSPS) is 18.4. The van der Waals surface area contributed by atoms with Crippen LogP contribution in [0.3, 0.4) is 0 Å². The SMILES string of the molecule is CCNC(=NCCCn1nc(C)cc1C)N1CCSC(C(C)C)C1.I. The van der Waals surface area contributed by atoms with Crippen LogP contribution in [0.25, 0.3) is 0 Å². The fourth-order valence-electron chi connectivity index (χ4n) is 3.00. The van der Waals surface area contributed by atoms with Crippen LogP contribution in [0, 0.1) is 19.8 Å². The lowest BCUT2D eigenvalue weighted by molar-refractivity contribution is 0.380. The van der Waals surface area contributed by atoms with Gasteiger partial charge in [0.15, 0.2) is 5.96 Å². The molecule has 0 amide bonds. The number of rotatable bonds is 6. The molecule has 2 rings (SSSR count). The van der Waals surface area contributed by atoms with Gasteiger partial charge in [-0.2, -0.15) is 16.9 Å². The molecule has 1 N–H and O–H groups in total. The van der Waals surface area contributed by atoms with Crippen molar-refractivity contribution in [2.24, 2.45) is 10.9 Å². The summed E-state index contributed by atoms with van der Waals surface area (Å²) in [5, 5.41) is 8.70. The lowest BCUT2D eigenvalue weighted by Gasteiger charge is -2.36. The summed E-state index contributed by atoms with van der Waals surface area (Å²) in [5.41, 5.74) is 2.33. The molecule has 7 heteroatoms. The van der Waals surface area contributed by atoms with Gasteiger partial charge in [0.05, 0.1) is 5.69 Å². The fraction of sp³-hybridized carbons (Fsp3) is 0.778. The largest absolute Gasteiger partial charge is 0.357 e. The number of halogens is 1. The van der Waals surface area contributed by atoms with Crippen LogP contribution in [0.15, 0.2) is 11.1 Å². The third-order valence-electron chi connectivity index (χ3n) is 4.36. The second kappa shape index (κ2) is 11.3. The standard InChI is InChI=1S/C18H33N5S.HI/c1-6-19-18(22-10-11-24-17(13-22)14(2)3)20-8-7-9-23-16(5)12-15(4)21-23;/h12,14,17H,6-11,13H2,1-5H3,(H,19,20);1H. The molecule has 1 aliphatic heterocycles. The Bertz CT molecular complexity index is 544. The first-order valence-electron chi connectivity index (χ1n) is 9.17. The van der Waals surface area contributed by atoms with E-state index in [1.807, 2.05) is 6.92 Å². The van der Waals surface area contributed by atoms with E-state index in [-0.39, 0.29) is 24.0 Å². The highest BCUT2D eigenvalue weighted by Gasteiger charge is 2.24. The molecule has 1 saturated heterocycles. The van der Waals surface area contributed by atoms with Crippen LogP contribution in [0.4, 0.5) is 0 Å². The first-order valence-corrected chi connectivity index (χ1v) is 10.2. The summed E-state index contributed by atoms with van der Waals surface area (Å²) in [6.45, 7) is 15.8. The Morgan fingerprint density at radius 2 is 2.20 bits per heavy atom. The maximum atomic E-state index is 4.86. The molecule has 1 fully saturated rings. The number of hydrogen-bond acceptors (Lipinski definition) is 3. The van der Waals surface area contributed by atoms with E-state index >= 15 is 0 Å². The van der Waals surface area contributed by atoms with Crippen LogP contribution in [-0.2, 0) is 6.54 Å². The molecule has 5 nitrogen and oxygen atoms in total. The monoisotopic (exact) mass is 479 g/mol. The van der Waals surface area contributed by atoms with Crippen molar-refractivity contribution in [3.63, 3.8) is 0 Å². The Balaban J connectivity index is 0.00000312. The smallest absolute Gasteiger partial charge is 0.193 e. The van der Waals surface area contributed by atoms with E-state index in [9.17, 15) is 0 Å². The van der Waals surface area contributed by atoms with E-state index in [2.05, 4.69) is 65.5 Å². The molecule has 1 aromatic rings. The van der Waals surface area contributed by atoms with Gasteiger partial charge < -0.3 is 10.2 Å². The van der Waals surface area contributed by atoms with Crippen LogP contribution in [0.2, 0.25) is 0 Å². The molecule has 0 aliphatic carbocycles. The summed E-state index contributed by atoms with van der Waals surface area (Å²) in [7, 11) is 0. The maximum absolute atomic E-state index is 4.86. The van der Waals surface area contributed by atoms with Gasteiger partial charge >= 0.3 is 0 Å². The van der Waals surface area contributed by atoms with E-state index in [4.69, 9.17) is 4.99 Å². The summed E-state index contributed by atoms with van der Waals surface area (Å²) in [4.78, 5) is 7.30. The first-order chi connectivity index (χ1) is 11.5. The predicted octanol–water partition coefficient (Wildman–Crippen LogP) is 3.55. The average molecular weight is 479 g/mol. The summed E-state index contributed by atoms with van der Waals surface area (Å²) < 4.78 is 2.09. The number of hydrogen-bond donors (Lipinski definition) is 1. The van der Waals surface area contributed by atoms with Crippen LogP contribution < -0.4 is 5.32 Å². The Morgan fingerprint density at radius 3 is 2.80 bits per heavy atom. The van der Waals surface area contributed by atoms with Crippen molar-refractivity contribution < 1.29 is 0 Å². The predicted molar refractivity (Wildman–Crippen MR) is 120 cm³/mol. The number of nitrogens with zero attached hydrogens (tertiary/aromatic N) is 4. The molecule has 25 heavy (non-hydrogen) atoms. The summed E-state index contributed by atoms with van der Waals surface area (Å²) in [5.74, 6) is 2.99. The van der Waals surface area contributed by atoms with E-state index in [0.29, 0.717) is 11.2 Å². The molecule has 144 valence electrons. The quantitative estimate of drug-likeness (QED) is 0.294. The van der Waals surface area contributed by atoms with Gasteiger partial charge in [0.25, 0.3) is 0 Å². The maximum Gasteiger partial charge on any atom is 0.193 e. The summed E-state index contributed by atoms with van der Waals surface area (Å²) >= 11 is 2.10. The number of thioether (sulfide) groups is 1. The van der Waals surface area contributed by atoms with Crippen molar-refractivity contribution >= 4 is 41.7 Å². The molecule has 1 atom stereocenters. The van der Waals surface area contributed by atoms with Gasteiger partial charge in [-0.05, 0) is 39.2 Å². The molecule has 1 unspecified atom stereocenters. The van der Waals surface area contributed by atoms with Gasteiger partial charge in [0.1, 0.15) is 0 Å². The zero-order valence-corrected chi connectivity index (χ0v) is 19.4. The zero-order valence-electron chi connectivity index (χ0n) is 16.3. The molecule has 0 saturated carbocycles. The number of aromatic nitrogens is 2. The van der Waals surface area contributed by atoms with Gasteiger partial charge in [0.2, 0.25) is 0 Å². The van der Waals surface area contributed by atoms with Crippen LogP contribution in [0.5, 0.6) is 0 Å². The third kappa shape index (κ3) is 7.00. The highest BCUT2D eigenvalue weighted by molar-refractivity contribution is 14.0. The van der Waals surface area contributed by atoms with Crippen molar-refractivity contribution in [3.05, 3.63) is 17.5 Å². The van der Waals surface area contributed by atoms with Crippen molar-refractivity contribution in [2.75, 3.05) is 31.9 Å². The summed E-state index contributed by atoms with van der Waals surface area (Å²) in [6.07, 6.45) is 1.02. The lowest BCUT2D eigenvalue weighted by Crippen LogP contribution is -2.49.